The van der Waals surface area contributed by atoms with E-state index < -0.39 is 23.7 Å². The summed E-state index contributed by atoms with van der Waals surface area (Å²) in [6, 6.07) is 8.08. The molecule has 0 bridgehead atoms. The first kappa shape index (κ1) is 20.2. The first-order valence-corrected chi connectivity index (χ1v) is 9.64. The predicted molar refractivity (Wildman–Crippen MR) is 102 cm³/mol. The third-order valence-corrected chi connectivity index (χ3v) is 6.01. The van der Waals surface area contributed by atoms with Crippen LogP contribution in [0.5, 0.6) is 0 Å². The maximum absolute atomic E-state index is 13.3. The topological polar surface area (TPSA) is 82.5 Å². The van der Waals surface area contributed by atoms with E-state index in [1.165, 1.54) is 24.4 Å². The fraction of sp³-hybridized carbons (Fsp3) is 0.381. The first-order valence-electron chi connectivity index (χ1n) is 9.64. The molecule has 2 heterocycles. The van der Waals surface area contributed by atoms with E-state index in [9.17, 15) is 27.9 Å². The van der Waals surface area contributed by atoms with Gasteiger partial charge >= 0.3 is 18.2 Å². The van der Waals surface area contributed by atoms with Crippen LogP contribution in [0.4, 0.5) is 23.8 Å². The number of urea groups is 1. The lowest BCUT2D eigenvalue weighted by atomic mass is 9.91. The largest absolute Gasteiger partial charge is 0.478 e. The molecule has 1 saturated carbocycles. The highest BCUT2D eigenvalue weighted by atomic mass is 19.4. The summed E-state index contributed by atoms with van der Waals surface area (Å²) < 4.78 is 40.0. The lowest BCUT2D eigenvalue weighted by Crippen LogP contribution is -2.34. The van der Waals surface area contributed by atoms with Crippen LogP contribution < -0.4 is 5.32 Å². The summed E-state index contributed by atoms with van der Waals surface area (Å²) in [4.78, 5) is 29.4. The monoisotopic (exact) mass is 419 g/mol. The number of carbonyl (C=O) groups excluding carboxylic acids is 1. The van der Waals surface area contributed by atoms with Crippen molar-refractivity contribution >= 4 is 17.8 Å². The van der Waals surface area contributed by atoms with Crippen LogP contribution in [-0.4, -0.2) is 40.1 Å². The minimum absolute atomic E-state index is 0.0240. The SMILES string of the molecule is O=C(O)c1cccnc1NC(=O)N1CC2C[C@H](c3ccccc3C(F)(F)F)C[C@@H]2C1. The lowest BCUT2D eigenvalue weighted by molar-refractivity contribution is -0.138. The average molecular weight is 419 g/mol. The van der Waals surface area contributed by atoms with E-state index in [2.05, 4.69) is 10.3 Å². The summed E-state index contributed by atoms with van der Waals surface area (Å²) in [6.45, 7) is 0.854. The Morgan fingerprint density at radius 2 is 1.73 bits per heavy atom. The van der Waals surface area contributed by atoms with E-state index in [-0.39, 0.29) is 29.1 Å². The van der Waals surface area contributed by atoms with Gasteiger partial charge < -0.3 is 10.0 Å². The summed E-state index contributed by atoms with van der Waals surface area (Å²) >= 11 is 0. The molecule has 2 amide bonds. The zero-order valence-corrected chi connectivity index (χ0v) is 15.9. The molecule has 1 aromatic carbocycles. The molecule has 2 N–H and O–H groups in total. The van der Waals surface area contributed by atoms with Crippen LogP contribution in [0.1, 0.15) is 40.2 Å². The molecule has 3 atom stereocenters. The highest BCUT2D eigenvalue weighted by Crippen LogP contribution is 2.48. The van der Waals surface area contributed by atoms with Crippen LogP contribution in [0.15, 0.2) is 42.6 Å². The Morgan fingerprint density at radius 1 is 1.07 bits per heavy atom. The molecule has 6 nitrogen and oxygen atoms in total. The molecule has 1 saturated heterocycles. The van der Waals surface area contributed by atoms with E-state index in [1.54, 1.807) is 17.0 Å². The molecule has 4 rings (SSSR count). The van der Waals surface area contributed by atoms with E-state index in [1.807, 2.05) is 0 Å². The molecule has 9 heteroatoms. The number of nitrogens with one attached hydrogen (secondary N) is 1. The van der Waals surface area contributed by atoms with Crippen molar-refractivity contribution in [1.82, 2.24) is 9.88 Å². The fourth-order valence-corrected chi connectivity index (χ4v) is 4.69. The maximum atomic E-state index is 13.3. The summed E-state index contributed by atoms with van der Waals surface area (Å²) in [6.07, 6.45) is -1.81. The Morgan fingerprint density at radius 3 is 2.37 bits per heavy atom. The Kier molecular flexibility index (Phi) is 5.13. The molecule has 1 unspecified atom stereocenters. The number of benzene rings is 1. The predicted octanol–water partition coefficient (Wildman–Crippen LogP) is 4.46. The van der Waals surface area contributed by atoms with Gasteiger partial charge in [0.05, 0.1) is 5.56 Å². The van der Waals surface area contributed by atoms with Crippen LogP contribution in [0.25, 0.3) is 0 Å². The van der Waals surface area contributed by atoms with Crippen LogP contribution in [0.2, 0.25) is 0 Å². The molecular formula is C21H20F3N3O3. The third kappa shape index (κ3) is 3.83. The van der Waals surface area contributed by atoms with Crippen LogP contribution in [0, 0.1) is 11.8 Å². The van der Waals surface area contributed by atoms with E-state index in [4.69, 9.17) is 0 Å². The molecule has 1 aromatic heterocycles. The van der Waals surface area contributed by atoms with Gasteiger partial charge in [0.15, 0.2) is 0 Å². The number of aromatic carboxylic acids is 1. The molecule has 1 aliphatic carbocycles. The molecule has 2 aromatic rings. The van der Waals surface area contributed by atoms with Crippen molar-refractivity contribution in [2.75, 3.05) is 18.4 Å². The molecule has 2 fully saturated rings. The molecular weight excluding hydrogens is 399 g/mol. The number of pyridine rings is 1. The van der Waals surface area contributed by atoms with E-state index >= 15 is 0 Å². The average Bonchev–Trinajstić information content (AvgIpc) is 3.27. The van der Waals surface area contributed by atoms with Crippen molar-refractivity contribution in [2.45, 2.75) is 24.9 Å². The van der Waals surface area contributed by atoms with E-state index in [0.29, 0.717) is 31.5 Å². The Labute approximate surface area is 170 Å². The highest BCUT2D eigenvalue weighted by molar-refractivity contribution is 5.98. The Bertz CT molecular complexity index is 965. The van der Waals surface area contributed by atoms with Gasteiger partial charge in [-0.05, 0) is 54.4 Å². The van der Waals surface area contributed by atoms with Crippen LogP contribution in [0.3, 0.4) is 0 Å². The van der Waals surface area contributed by atoms with Crippen LogP contribution in [-0.2, 0) is 6.18 Å². The third-order valence-electron chi connectivity index (χ3n) is 6.01. The number of aromatic nitrogens is 1. The van der Waals surface area contributed by atoms with Gasteiger partial charge in [0.2, 0.25) is 0 Å². The minimum Gasteiger partial charge on any atom is -0.478 e. The second-order valence-electron chi connectivity index (χ2n) is 7.81. The summed E-state index contributed by atoms with van der Waals surface area (Å²) in [5.74, 6) is -1.17. The van der Waals surface area contributed by atoms with Crippen molar-refractivity contribution in [1.29, 1.82) is 0 Å². The van der Waals surface area contributed by atoms with Crippen LogP contribution >= 0.6 is 0 Å². The summed E-state index contributed by atoms with van der Waals surface area (Å²) in [5, 5.41) is 11.7. The van der Waals surface area contributed by atoms with Gasteiger partial charge in [-0.1, -0.05) is 18.2 Å². The number of fused-ring (bicyclic) bond motifs is 1. The van der Waals surface area contributed by atoms with E-state index in [0.717, 1.165) is 6.07 Å². The quantitative estimate of drug-likeness (QED) is 0.770. The number of alkyl halides is 3. The van der Waals surface area contributed by atoms with Crippen molar-refractivity contribution in [3.8, 4) is 0 Å². The number of anilines is 1. The van der Waals surface area contributed by atoms with Crippen molar-refractivity contribution in [2.24, 2.45) is 11.8 Å². The van der Waals surface area contributed by atoms with Crippen molar-refractivity contribution < 1.29 is 27.9 Å². The fourth-order valence-electron chi connectivity index (χ4n) is 4.69. The standard InChI is InChI=1S/C21H20F3N3O3/c22-21(23,24)17-6-2-1-4-15(17)12-8-13-10-27(11-14(13)9-12)20(30)26-18-16(19(28)29)5-3-7-25-18/h1-7,12-14H,8-11H2,(H,28,29)(H,25,26,30)/t12-,13-,14?/m1/s1. The summed E-state index contributed by atoms with van der Waals surface area (Å²) in [7, 11) is 0. The second-order valence-corrected chi connectivity index (χ2v) is 7.81. The van der Waals surface area contributed by atoms with Crippen molar-refractivity contribution in [3.63, 3.8) is 0 Å². The smallest absolute Gasteiger partial charge is 0.416 e. The number of amides is 2. The molecule has 30 heavy (non-hydrogen) atoms. The number of carbonyl (C=O) groups is 2. The molecule has 1 aliphatic heterocycles. The number of hydrogen-bond donors (Lipinski definition) is 2. The number of carboxylic acids is 1. The molecule has 2 aliphatic rings. The minimum atomic E-state index is -4.38. The van der Waals surface area contributed by atoms with Gasteiger partial charge in [-0.3, -0.25) is 5.32 Å². The molecule has 158 valence electrons. The molecule has 0 spiro atoms. The van der Waals surface area contributed by atoms with Gasteiger partial charge in [0, 0.05) is 19.3 Å². The lowest BCUT2D eigenvalue weighted by Gasteiger charge is -2.22. The number of nitrogens with zero attached hydrogens (tertiary/aromatic N) is 2. The maximum Gasteiger partial charge on any atom is 0.416 e. The van der Waals surface area contributed by atoms with Crippen molar-refractivity contribution in [3.05, 3.63) is 59.3 Å². The zero-order valence-electron chi connectivity index (χ0n) is 15.9. The Hall–Kier alpha value is -3.10. The van der Waals surface area contributed by atoms with Gasteiger partial charge in [-0.25, -0.2) is 14.6 Å². The number of rotatable bonds is 3. The van der Waals surface area contributed by atoms with Gasteiger partial charge in [-0.15, -0.1) is 0 Å². The summed E-state index contributed by atoms with van der Waals surface area (Å²) in [5.41, 5.74) is -0.357. The number of halogens is 3. The van der Waals surface area contributed by atoms with Gasteiger partial charge in [0.25, 0.3) is 0 Å². The Balaban J connectivity index is 1.42. The number of carboxylic acid groups (broad SMARTS) is 1. The van der Waals surface area contributed by atoms with Gasteiger partial charge in [0.1, 0.15) is 11.4 Å². The first-order chi connectivity index (χ1) is 14.2. The molecule has 0 radical (unpaired) electrons. The highest BCUT2D eigenvalue weighted by Gasteiger charge is 2.45. The van der Waals surface area contributed by atoms with Gasteiger partial charge in [-0.2, -0.15) is 13.2 Å². The number of hydrogen-bond acceptors (Lipinski definition) is 3. The number of likely N-dealkylation sites (tertiary alicyclic amines) is 1. The normalized spacial score (nSPS) is 23.3. The zero-order chi connectivity index (χ0) is 21.5. The second kappa shape index (κ2) is 7.62.